The highest BCUT2D eigenvalue weighted by Gasteiger charge is 2.16. The molecule has 0 bridgehead atoms. The molecule has 0 saturated heterocycles. The van der Waals surface area contributed by atoms with E-state index >= 15 is 0 Å². The third kappa shape index (κ3) is 3.16. The predicted octanol–water partition coefficient (Wildman–Crippen LogP) is 5.55. The van der Waals surface area contributed by atoms with Gasteiger partial charge in [-0.15, -0.1) is 0 Å². The molecule has 0 aliphatic heterocycles. The van der Waals surface area contributed by atoms with E-state index in [1.165, 1.54) is 10.9 Å². The number of rotatable bonds is 3. The summed E-state index contributed by atoms with van der Waals surface area (Å²) in [5.74, 6) is 0.786. The van der Waals surface area contributed by atoms with Gasteiger partial charge in [0, 0.05) is 10.9 Å². The Morgan fingerprint density at radius 1 is 0.848 bits per heavy atom. The Morgan fingerprint density at radius 2 is 1.58 bits per heavy atom. The van der Waals surface area contributed by atoms with Crippen molar-refractivity contribution in [2.45, 2.75) is 0 Å². The van der Waals surface area contributed by atoms with Crippen LogP contribution in [-0.4, -0.2) is 21.0 Å². The Labute approximate surface area is 187 Å². The smallest absolute Gasteiger partial charge is 0.282 e. The molecule has 0 amide bonds. The molecular formula is C27H17N3O3. The fourth-order valence-corrected chi connectivity index (χ4v) is 4.02. The number of para-hydroxylation sites is 2. The molecule has 1 N–H and O–H groups in total. The van der Waals surface area contributed by atoms with Gasteiger partial charge in [-0.3, -0.25) is 4.79 Å². The Kier molecular flexibility index (Phi) is 4.30. The lowest BCUT2D eigenvalue weighted by molar-refractivity contribution is 0.475. The first kappa shape index (κ1) is 19.0. The average Bonchev–Trinajstić information content (AvgIpc) is 3.28. The second-order valence-corrected chi connectivity index (χ2v) is 7.68. The van der Waals surface area contributed by atoms with E-state index in [0.29, 0.717) is 27.8 Å². The van der Waals surface area contributed by atoms with E-state index in [2.05, 4.69) is 5.10 Å². The number of benzene rings is 4. The SMILES string of the molecule is O=c1c2ccccc2nc(-c2cc3ccccc3o2)n1N=Cc1c(O)ccc2ccccc12. The maximum atomic E-state index is 13.4. The molecule has 0 aliphatic carbocycles. The van der Waals surface area contributed by atoms with Crippen molar-refractivity contribution in [3.63, 3.8) is 0 Å². The second kappa shape index (κ2) is 7.46. The van der Waals surface area contributed by atoms with Gasteiger partial charge in [0.15, 0.2) is 5.76 Å². The van der Waals surface area contributed by atoms with Gasteiger partial charge >= 0.3 is 0 Å². The largest absolute Gasteiger partial charge is 0.507 e. The highest BCUT2D eigenvalue weighted by Crippen LogP contribution is 2.28. The van der Waals surface area contributed by atoms with Crippen LogP contribution in [0, 0.1) is 0 Å². The van der Waals surface area contributed by atoms with E-state index in [0.717, 1.165) is 16.2 Å². The summed E-state index contributed by atoms with van der Waals surface area (Å²) in [7, 11) is 0. The normalized spacial score (nSPS) is 11.8. The van der Waals surface area contributed by atoms with E-state index in [-0.39, 0.29) is 17.1 Å². The number of phenolic OH excluding ortho intramolecular Hbond substituents is 1. The molecule has 33 heavy (non-hydrogen) atoms. The molecule has 0 fully saturated rings. The maximum Gasteiger partial charge on any atom is 0.282 e. The Balaban J connectivity index is 1.61. The highest BCUT2D eigenvalue weighted by molar-refractivity contribution is 6.02. The van der Waals surface area contributed by atoms with E-state index in [4.69, 9.17) is 9.40 Å². The lowest BCUT2D eigenvalue weighted by Gasteiger charge is -2.08. The minimum Gasteiger partial charge on any atom is -0.507 e. The standard InChI is InChI=1S/C27H17N3O3/c31-23-14-13-17-7-1-3-9-19(17)21(23)16-28-30-26(25-15-18-8-2-6-12-24(18)33-25)29-22-11-5-4-10-20(22)27(30)32/h1-16,31H. The molecule has 0 radical (unpaired) electrons. The van der Waals surface area contributed by atoms with Gasteiger partial charge in [0.25, 0.3) is 5.56 Å². The van der Waals surface area contributed by atoms with Crippen LogP contribution in [0.3, 0.4) is 0 Å². The van der Waals surface area contributed by atoms with Crippen LogP contribution >= 0.6 is 0 Å². The van der Waals surface area contributed by atoms with Gasteiger partial charge in [-0.1, -0.05) is 60.7 Å². The van der Waals surface area contributed by atoms with Gasteiger partial charge in [0.05, 0.1) is 17.1 Å². The van der Waals surface area contributed by atoms with Crippen molar-refractivity contribution >= 4 is 38.9 Å². The third-order valence-electron chi connectivity index (χ3n) is 5.65. The first-order valence-corrected chi connectivity index (χ1v) is 10.4. The number of aromatic hydroxyl groups is 1. The van der Waals surface area contributed by atoms with Gasteiger partial charge in [0.1, 0.15) is 11.3 Å². The fraction of sp³-hybridized carbons (Fsp3) is 0. The van der Waals surface area contributed by atoms with Gasteiger partial charge in [0.2, 0.25) is 5.82 Å². The maximum absolute atomic E-state index is 13.4. The average molecular weight is 431 g/mol. The number of hydrogen-bond acceptors (Lipinski definition) is 5. The molecule has 0 unspecified atom stereocenters. The zero-order valence-electron chi connectivity index (χ0n) is 17.3. The van der Waals surface area contributed by atoms with Gasteiger partial charge in [-0.2, -0.15) is 9.78 Å². The molecule has 158 valence electrons. The summed E-state index contributed by atoms with van der Waals surface area (Å²) in [4.78, 5) is 18.1. The summed E-state index contributed by atoms with van der Waals surface area (Å²) in [5.41, 5.74) is 1.44. The van der Waals surface area contributed by atoms with Gasteiger partial charge in [-0.05, 0) is 41.1 Å². The van der Waals surface area contributed by atoms with Gasteiger partial charge < -0.3 is 9.52 Å². The first-order valence-electron chi connectivity index (χ1n) is 10.4. The Bertz CT molecular complexity index is 1730. The van der Waals surface area contributed by atoms with Crippen LogP contribution in [0.1, 0.15) is 5.56 Å². The van der Waals surface area contributed by atoms with Crippen LogP contribution < -0.4 is 5.56 Å². The molecule has 2 aromatic heterocycles. The first-order chi connectivity index (χ1) is 16.2. The molecule has 4 aromatic carbocycles. The molecule has 6 aromatic rings. The van der Waals surface area contributed by atoms with Crippen LogP contribution in [0.15, 0.2) is 105 Å². The lowest BCUT2D eigenvalue weighted by atomic mass is 10.0. The summed E-state index contributed by atoms with van der Waals surface area (Å²) >= 11 is 0. The van der Waals surface area contributed by atoms with Crippen molar-refractivity contribution in [1.29, 1.82) is 0 Å². The minimum atomic E-state index is -0.327. The molecule has 6 heteroatoms. The number of nitrogens with zero attached hydrogens (tertiary/aromatic N) is 3. The van der Waals surface area contributed by atoms with E-state index < -0.39 is 0 Å². The number of hydrogen-bond donors (Lipinski definition) is 1. The summed E-state index contributed by atoms with van der Waals surface area (Å²) in [5, 5.41) is 18.1. The summed E-state index contributed by atoms with van der Waals surface area (Å²) < 4.78 is 7.22. The van der Waals surface area contributed by atoms with Crippen LogP contribution in [-0.2, 0) is 0 Å². The molecule has 0 spiro atoms. The zero-order valence-corrected chi connectivity index (χ0v) is 17.3. The van der Waals surface area contributed by atoms with Crippen LogP contribution in [0.25, 0.3) is 44.2 Å². The van der Waals surface area contributed by atoms with Crippen molar-refractivity contribution < 1.29 is 9.52 Å². The highest BCUT2D eigenvalue weighted by atomic mass is 16.3. The zero-order chi connectivity index (χ0) is 22.4. The molecular weight excluding hydrogens is 414 g/mol. The number of aromatic nitrogens is 2. The quantitative estimate of drug-likeness (QED) is 0.373. The minimum absolute atomic E-state index is 0.0736. The monoisotopic (exact) mass is 431 g/mol. The van der Waals surface area contributed by atoms with E-state index in [9.17, 15) is 9.90 Å². The molecule has 0 saturated carbocycles. The number of fused-ring (bicyclic) bond motifs is 3. The summed E-state index contributed by atoms with van der Waals surface area (Å²) in [6.45, 7) is 0. The third-order valence-corrected chi connectivity index (χ3v) is 5.65. The van der Waals surface area contributed by atoms with Crippen molar-refractivity contribution in [3.05, 3.63) is 107 Å². The number of furan rings is 1. The summed E-state index contributed by atoms with van der Waals surface area (Å²) in [6.07, 6.45) is 1.49. The molecule has 0 atom stereocenters. The Morgan fingerprint density at radius 3 is 2.42 bits per heavy atom. The van der Waals surface area contributed by atoms with E-state index in [1.807, 2.05) is 66.7 Å². The van der Waals surface area contributed by atoms with Gasteiger partial charge in [-0.25, -0.2) is 4.98 Å². The predicted molar refractivity (Wildman–Crippen MR) is 130 cm³/mol. The molecule has 6 nitrogen and oxygen atoms in total. The summed E-state index contributed by atoms with van der Waals surface area (Å²) in [6, 6.07) is 27.7. The molecule has 0 aliphatic rings. The van der Waals surface area contributed by atoms with Crippen LogP contribution in [0.5, 0.6) is 5.75 Å². The van der Waals surface area contributed by atoms with Crippen molar-refractivity contribution in [2.75, 3.05) is 0 Å². The van der Waals surface area contributed by atoms with Crippen molar-refractivity contribution in [2.24, 2.45) is 5.10 Å². The van der Waals surface area contributed by atoms with Crippen molar-refractivity contribution in [3.8, 4) is 17.3 Å². The number of phenols is 1. The van der Waals surface area contributed by atoms with Crippen molar-refractivity contribution in [1.82, 2.24) is 9.66 Å². The molecule has 2 heterocycles. The lowest BCUT2D eigenvalue weighted by Crippen LogP contribution is -2.20. The van der Waals surface area contributed by atoms with E-state index in [1.54, 1.807) is 24.3 Å². The Hall–Kier alpha value is -4.71. The fourth-order valence-electron chi connectivity index (χ4n) is 4.02. The topological polar surface area (TPSA) is 80.6 Å². The molecule has 6 rings (SSSR count). The van der Waals surface area contributed by atoms with Crippen LogP contribution in [0.2, 0.25) is 0 Å². The van der Waals surface area contributed by atoms with Crippen LogP contribution in [0.4, 0.5) is 0 Å². The second-order valence-electron chi connectivity index (χ2n) is 7.68.